The minimum absolute atomic E-state index is 0.220. The largest absolute Gasteiger partial charge is 0.492 e. The number of carbonyl (C=O) groups is 1. The number of anilines is 1. The molecule has 1 amide bonds. The Balaban J connectivity index is 1.97. The van der Waals surface area contributed by atoms with Gasteiger partial charge in [-0.25, -0.2) is 12.8 Å². The van der Waals surface area contributed by atoms with Crippen molar-refractivity contribution in [1.82, 2.24) is 5.32 Å². The molecule has 0 aliphatic carbocycles. The van der Waals surface area contributed by atoms with E-state index >= 15 is 0 Å². The molecule has 8 heteroatoms. The predicted molar refractivity (Wildman–Crippen MR) is 103 cm³/mol. The van der Waals surface area contributed by atoms with Gasteiger partial charge in [0.1, 0.15) is 24.2 Å². The Kier molecular flexibility index (Phi) is 6.79. The summed E-state index contributed by atoms with van der Waals surface area (Å²) in [5.41, 5.74) is 1.28. The van der Waals surface area contributed by atoms with E-state index in [0.717, 1.165) is 28.3 Å². The van der Waals surface area contributed by atoms with Crippen molar-refractivity contribution in [2.75, 3.05) is 23.7 Å². The van der Waals surface area contributed by atoms with Crippen molar-refractivity contribution in [3.63, 3.8) is 0 Å². The molecule has 27 heavy (non-hydrogen) atoms. The highest BCUT2D eigenvalue weighted by Crippen LogP contribution is 2.21. The lowest BCUT2D eigenvalue weighted by molar-refractivity contribution is -0.121. The molecule has 2 aromatic carbocycles. The molecule has 2 rings (SSSR count). The minimum Gasteiger partial charge on any atom is -0.492 e. The van der Waals surface area contributed by atoms with Gasteiger partial charge < -0.3 is 10.1 Å². The van der Waals surface area contributed by atoms with Crippen molar-refractivity contribution < 1.29 is 22.3 Å². The van der Waals surface area contributed by atoms with Crippen LogP contribution in [0.25, 0.3) is 0 Å². The molecule has 0 aromatic heterocycles. The van der Waals surface area contributed by atoms with Crippen LogP contribution in [-0.4, -0.2) is 39.8 Å². The summed E-state index contributed by atoms with van der Waals surface area (Å²) in [5, 5.41) is 2.66. The van der Waals surface area contributed by atoms with E-state index in [1.165, 1.54) is 19.1 Å². The summed E-state index contributed by atoms with van der Waals surface area (Å²) in [6.45, 7) is 3.89. The number of amides is 1. The van der Waals surface area contributed by atoms with Crippen LogP contribution < -0.4 is 14.4 Å². The summed E-state index contributed by atoms with van der Waals surface area (Å²) >= 11 is 0. The number of sulfonamides is 1. The number of aryl methyl sites for hydroxylation is 1. The molecule has 0 unspecified atom stereocenters. The number of hydrogen-bond donors (Lipinski definition) is 1. The highest BCUT2D eigenvalue weighted by atomic mass is 32.2. The van der Waals surface area contributed by atoms with Crippen LogP contribution in [0.1, 0.15) is 12.5 Å². The van der Waals surface area contributed by atoms with Gasteiger partial charge in [-0.3, -0.25) is 9.10 Å². The van der Waals surface area contributed by atoms with Crippen molar-refractivity contribution in [3.05, 3.63) is 59.9 Å². The Labute approximate surface area is 159 Å². The van der Waals surface area contributed by atoms with Crippen molar-refractivity contribution in [2.45, 2.75) is 19.9 Å². The first-order valence-corrected chi connectivity index (χ1v) is 10.3. The van der Waals surface area contributed by atoms with Crippen LogP contribution in [0.3, 0.4) is 0 Å². The SMILES string of the molecule is Cc1cccc(OCCNC(=O)[C@@H](C)N(c2ccc(F)cc2)S(C)(=O)=O)c1. The van der Waals surface area contributed by atoms with Crippen molar-refractivity contribution in [1.29, 1.82) is 0 Å². The molecule has 0 saturated heterocycles. The second kappa shape index (κ2) is 8.85. The van der Waals surface area contributed by atoms with E-state index in [1.54, 1.807) is 0 Å². The number of carbonyl (C=O) groups excluding carboxylic acids is 1. The number of nitrogens with one attached hydrogen (secondary N) is 1. The van der Waals surface area contributed by atoms with Gasteiger partial charge in [0.25, 0.3) is 0 Å². The lowest BCUT2D eigenvalue weighted by atomic mass is 10.2. The first kappa shape index (κ1) is 20.7. The molecule has 0 spiro atoms. The van der Waals surface area contributed by atoms with E-state index in [1.807, 2.05) is 31.2 Å². The third-order valence-electron chi connectivity index (χ3n) is 3.83. The number of hydrogen-bond acceptors (Lipinski definition) is 4. The molecule has 1 atom stereocenters. The Bertz CT molecular complexity index is 885. The summed E-state index contributed by atoms with van der Waals surface area (Å²) in [4.78, 5) is 12.4. The van der Waals surface area contributed by atoms with Crippen molar-refractivity contribution >= 4 is 21.6 Å². The van der Waals surface area contributed by atoms with Gasteiger partial charge in [-0.1, -0.05) is 12.1 Å². The predicted octanol–water partition coefficient (Wildman–Crippen LogP) is 2.48. The van der Waals surface area contributed by atoms with Gasteiger partial charge in [0.15, 0.2) is 0 Å². The molecule has 0 saturated carbocycles. The highest BCUT2D eigenvalue weighted by Gasteiger charge is 2.28. The first-order chi connectivity index (χ1) is 12.7. The van der Waals surface area contributed by atoms with Gasteiger partial charge in [-0.15, -0.1) is 0 Å². The van der Waals surface area contributed by atoms with E-state index in [2.05, 4.69) is 5.32 Å². The van der Waals surface area contributed by atoms with E-state index < -0.39 is 27.8 Å². The van der Waals surface area contributed by atoms with Gasteiger partial charge >= 0.3 is 0 Å². The van der Waals surface area contributed by atoms with Crippen LogP contribution >= 0.6 is 0 Å². The number of benzene rings is 2. The minimum atomic E-state index is -3.73. The fourth-order valence-corrected chi connectivity index (χ4v) is 3.77. The van der Waals surface area contributed by atoms with Crippen LogP contribution in [0, 0.1) is 12.7 Å². The zero-order chi connectivity index (χ0) is 20.0. The molecule has 2 aromatic rings. The summed E-state index contributed by atoms with van der Waals surface area (Å²) in [6.07, 6.45) is 1.00. The van der Waals surface area contributed by atoms with Gasteiger partial charge in [0, 0.05) is 0 Å². The first-order valence-electron chi connectivity index (χ1n) is 8.40. The quantitative estimate of drug-likeness (QED) is 0.698. The Morgan fingerprint density at radius 2 is 1.89 bits per heavy atom. The molecule has 0 bridgehead atoms. The van der Waals surface area contributed by atoms with Gasteiger partial charge in [-0.05, 0) is 55.8 Å². The number of ether oxygens (including phenoxy) is 1. The molecule has 0 heterocycles. The monoisotopic (exact) mass is 394 g/mol. The third-order valence-corrected chi connectivity index (χ3v) is 5.07. The highest BCUT2D eigenvalue weighted by molar-refractivity contribution is 7.92. The van der Waals surface area contributed by atoms with Crippen LogP contribution in [0.15, 0.2) is 48.5 Å². The maximum absolute atomic E-state index is 13.1. The summed E-state index contributed by atoms with van der Waals surface area (Å²) in [6, 6.07) is 11.5. The maximum Gasteiger partial charge on any atom is 0.243 e. The summed E-state index contributed by atoms with van der Waals surface area (Å²) in [5.74, 6) is -0.267. The van der Waals surface area contributed by atoms with Gasteiger partial charge in [0.2, 0.25) is 15.9 Å². The molecule has 146 valence electrons. The third kappa shape index (κ3) is 5.96. The molecule has 1 N–H and O–H groups in total. The lowest BCUT2D eigenvalue weighted by Gasteiger charge is -2.28. The van der Waals surface area contributed by atoms with Crippen molar-refractivity contribution in [2.24, 2.45) is 0 Å². The average molecular weight is 394 g/mol. The Morgan fingerprint density at radius 3 is 2.48 bits per heavy atom. The summed E-state index contributed by atoms with van der Waals surface area (Å²) < 4.78 is 43.9. The zero-order valence-electron chi connectivity index (χ0n) is 15.5. The summed E-state index contributed by atoms with van der Waals surface area (Å²) in [7, 11) is -3.73. The number of halogens is 1. The fourth-order valence-electron chi connectivity index (χ4n) is 2.59. The van der Waals surface area contributed by atoms with Crippen LogP contribution in [0.5, 0.6) is 5.75 Å². The Morgan fingerprint density at radius 1 is 1.22 bits per heavy atom. The lowest BCUT2D eigenvalue weighted by Crippen LogP contribution is -2.48. The van der Waals surface area contributed by atoms with Gasteiger partial charge in [0.05, 0.1) is 18.5 Å². The smallest absolute Gasteiger partial charge is 0.243 e. The Hall–Kier alpha value is -2.61. The average Bonchev–Trinajstić information content (AvgIpc) is 2.59. The van der Waals surface area contributed by atoms with E-state index in [4.69, 9.17) is 4.74 Å². The van der Waals surface area contributed by atoms with Crippen LogP contribution in [0.2, 0.25) is 0 Å². The molecule has 0 aliphatic heterocycles. The van der Waals surface area contributed by atoms with Crippen LogP contribution in [-0.2, 0) is 14.8 Å². The normalized spacial score (nSPS) is 12.3. The zero-order valence-corrected chi connectivity index (χ0v) is 16.3. The fraction of sp³-hybridized carbons (Fsp3) is 0.316. The molecule has 6 nitrogen and oxygen atoms in total. The molecular weight excluding hydrogens is 371 g/mol. The molecular formula is C19H23FN2O4S. The maximum atomic E-state index is 13.1. The van der Waals surface area contributed by atoms with Gasteiger partial charge in [-0.2, -0.15) is 0 Å². The second-order valence-corrected chi connectivity index (χ2v) is 8.03. The standard InChI is InChI=1S/C19H23FN2O4S/c1-14-5-4-6-18(13-14)26-12-11-21-19(23)15(2)22(27(3,24)25)17-9-7-16(20)8-10-17/h4-10,13,15H,11-12H2,1-3H3,(H,21,23)/t15-/m1/s1. The van der Waals surface area contributed by atoms with Crippen molar-refractivity contribution in [3.8, 4) is 5.75 Å². The van der Waals surface area contributed by atoms with E-state index in [-0.39, 0.29) is 18.8 Å². The second-order valence-electron chi connectivity index (χ2n) is 6.17. The topological polar surface area (TPSA) is 75.7 Å². The van der Waals surface area contributed by atoms with E-state index in [9.17, 15) is 17.6 Å². The van der Waals surface area contributed by atoms with Crippen LogP contribution in [0.4, 0.5) is 10.1 Å². The molecule has 0 fully saturated rings. The van der Waals surface area contributed by atoms with E-state index in [0.29, 0.717) is 5.75 Å². The number of nitrogens with zero attached hydrogens (tertiary/aromatic N) is 1. The molecule has 0 radical (unpaired) electrons. The number of rotatable bonds is 8. The molecule has 0 aliphatic rings.